The van der Waals surface area contributed by atoms with Crippen LogP contribution in [-0.2, 0) is 23.9 Å². The van der Waals surface area contributed by atoms with E-state index in [0.717, 1.165) is 0 Å². The predicted molar refractivity (Wildman–Crippen MR) is 146 cm³/mol. The Morgan fingerprint density at radius 1 is 0.821 bits per heavy atom. The normalized spacial score (nSPS) is 14.3. The van der Waals surface area contributed by atoms with E-state index in [0.29, 0.717) is 30.7 Å². The van der Waals surface area contributed by atoms with Crippen molar-refractivity contribution >= 4 is 24.1 Å². The van der Waals surface area contributed by atoms with E-state index >= 15 is 0 Å². The molecule has 0 aliphatic heterocycles. The number of hydrogen-bond donors (Lipinski definition) is 2. The molecule has 0 radical (unpaired) electrons. The number of esters is 2. The first-order chi connectivity index (χ1) is 18.2. The van der Waals surface area contributed by atoms with Gasteiger partial charge in [0.1, 0.15) is 18.2 Å². The van der Waals surface area contributed by atoms with Gasteiger partial charge in [-0.2, -0.15) is 0 Å². The smallest absolute Gasteiger partial charge is 0.480 e. The standard InChI is InChI=1S/C29H45NO9/c1-8-19(6)36-29(35)37-20(7)15-22(27(30)28(33)34)21-11-12-23(38-25(31)13-9-17(2)3)24(16-21)39-26(32)14-10-18(4)5/h11-12,16-20,22,27H,8-10,13-15,30H2,1-7H3,(H,33,34)/t19?,20?,22?,27-/m0/s1. The Labute approximate surface area is 231 Å². The number of aliphatic carboxylic acids is 1. The molecule has 0 heterocycles. The summed E-state index contributed by atoms with van der Waals surface area (Å²) in [7, 11) is 0. The molecule has 0 amide bonds. The van der Waals surface area contributed by atoms with E-state index < -0.39 is 42.1 Å². The third kappa shape index (κ3) is 13.0. The minimum Gasteiger partial charge on any atom is -0.480 e. The van der Waals surface area contributed by atoms with Gasteiger partial charge in [-0.25, -0.2) is 4.79 Å². The summed E-state index contributed by atoms with van der Waals surface area (Å²) in [5.41, 5.74) is 6.45. The summed E-state index contributed by atoms with van der Waals surface area (Å²) in [5, 5.41) is 9.66. The van der Waals surface area contributed by atoms with E-state index in [2.05, 4.69) is 0 Å². The lowest BCUT2D eigenvalue weighted by atomic mass is 9.87. The Hall–Kier alpha value is -3.14. The lowest BCUT2D eigenvalue weighted by Crippen LogP contribution is -2.38. The van der Waals surface area contributed by atoms with E-state index in [1.54, 1.807) is 19.9 Å². The number of nitrogens with two attached hydrogens (primary N) is 1. The average Bonchev–Trinajstić information content (AvgIpc) is 2.85. The summed E-state index contributed by atoms with van der Waals surface area (Å²) in [6.45, 7) is 13.1. The van der Waals surface area contributed by atoms with Crippen molar-refractivity contribution in [1.29, 1.82) is 0 Å². The van der Waals surface area contributed by atoms with E-state index in [-0.39, 0.29) is 42.8 Å². The maximum atomic E-state index is 12.6. The Morgan fingerprint density at radius 2 is 1.33 bits per heavy atom. The number of ether oxygens (including phenoxy) is 4. The first-order valence-corrected chi connectivity index (χ1v) is 13.6. The Kier molecular flexibility index (Phi) is 14.5. The molecule has 1 aromatic carbocycles. The van der Waals surface area contributed by atoms with Crippen LogP contribution in [0.1, 0.15) is 98.5 Å². The van der Waals surface area contributed by atoms with Gasteiger partial charge in [-0.15, -0.1) is 0 Å². The maximum absolute atomic E-state index is 12.6. The zero-order valence-corrected chi connectivity index (χ0v) is 24.2. The van der Waals surface area contributed by atoms with Crippen LogP contribution in [0.3, 0.4) is 0 Å². The molecule has 1 rings (SSSR count). The summed E-state index contributed by atoms with van der Waals surface area (Å²) in [6, 6.07) is 3.12. The van der Waals surface area contributed by atoms with Gasteiger partial charge in [-0.1, -0.05) is 40.7 Å². The van der Waals surface area contributed by atoms with Gasteiger partial charge in [0.25, 0.3) is 0 Å². The minimum atomic E-state index is -1.36. The van der Waals surface area contributed by atoms with E-state index in [4.69, 9.17) is 24.7 Å². The van der Waals surface area contributed by atoms with Crippen LogP contribution < -0.4 is 15.2 Å². The quantitative estimate of drug-likeness (QED) is 0.196. The van der Waals surface area contributed by atoms with Gasteiger partial charge in [0, 0.05) is 18.8 Å². The molecule has 39 heavy (non-hydrogen) atoms. The highest BCUT2D eigenvalue weighted by Crippen LogP contribution is 2.35. The van der Waals surface area contributed by atoms with Crippen molar-refractivity contribution < 1.29 is 43.2 Å². The Bertz CT molecular complexity index is 960. The van der Waals surface area contributed by atoms with Crippen molar-refractivity contribution in [3.8, 4) is 11.5 Å². The number of carbonyl (C=O) groups excluding carboxylic acids is 3. The number of rotatable bonds is 16. The second kappa shape index (κ2) is 16.7. The molecule has 4 atom stereocenters. The second-order valence-electron chi connectivity index (χ2n) is 10.7. The maximum Gasteiger partial charge on any atom is 0.508 e. The van der Waals surface area contributed by atoms with Crippen molar-refractivity contribution in [3.05, 3.63) is 23.8 Å². The molecule has 0 bridgehead atoms. The number of carboxylic acids is 1. The summed E-state index contributed by atoms with van der Waals surface area (Å²) in [6.07, 6.45) is 0.332. The molecule has 3 N–H and O–H groups in total. The van der Waals surface area contributed by atoms with Crippen LogP contribution in [0, 0.1) is 11.8 Å². The molecule has 10 nitrogen and oxygen atoms in total. The van der Waals surface area contributed by atoms with Gasteiger partial charge < -0.3 is 29.8 Å². The van der Waals surface area contributed by atoms with Gasteiger partial charge in [0.2, 0.25) is 0 Å². The van der Waals surface area contributed by atoms with Gasteiger partial charge in [0.05, 0.1) is 0 Å². The monoisotopic (exact) mass is 551 g/mol. The highest BCUT2D eigenvalue weighted by Gasteiger charge is 2.30. The first-order valence-electron chi connectivity index (χ1n) is 13.6. The van der Waals surface area contributed by atoms with Crippen LogP contribution in [-0.4, -0.2) is 47.4 Å². The van der Waals surface area contributed by atoms with Gasteiger partial charge >= 0.3 is 24.1 Å². The van der Waals surface area contributed by atoms with Crippen LogP contribution in [0.4, 0.5) is 4.79 Å². The summed E-state index contributed by atoms with van der Waals surface area (Å²) in [5.74, 6) is -2.44. The zero-order chi connectivity index (χ0) is 29.7. The van der Waals surface area contributed by atoms with E-state index in [1.807, 2.05) is 34.6 Å². The number of carboxylic acid groups (broad SMARTS) is 1. The van der Waals surface area contributed by atoms with Crippen LogP contribution in [0.15, 0.2) is 18.2 Å². The summed E-state index contributed by atoms with van der Waals surface area (Å²) < 4.78 is 21.5. The van der Waals surface area contributed by atoms with Gasteiger partial charge in [-0.05, 0) is 69.1 Å². The lowest BCUT2D eigenvalue weighted by molar-refractivity contribution is -0.139. The van der Waals surface area contributed by atoms with Crippen LogP contribution in [0.5, 0.6) is 11.5 Å². The first kappa shape index (κ1) is 33.9. The van der Waals surface area contributed by atoms with Crippen LogP contribution in [0.2, 0.25) is 0 Å². The Morgan fingerprint density at radius 3 is 1.82 bits per heavy atom. The predicted octanol–water partition coefficient (Wildman–Crippen LogP) is 5.60. The second-order valence-corrected chi connectivity index (χ2v) is 10.7. The third-order valence-corrected chi connectivity index (χ3v) is 6.17. The SMILES string of the molecule is CCC(C)OC(=O)OC(C)CC(c1ccc(OC(=O)CCC(C)C)c(OC(=O)CCC(C)C)c1)[C@H](N)C(=O)O. The number of carbonyl (C=O) groups is 4. The third-order valence-electron chi connectivity index (χ3n) is 6.17. The number of benzene rings is 1. The molecule has 1 aromatic rings. The topological polar surface area (TPSA) is 151 Å². The van der Waals surface area contributed by atoms with Crippen molar-refractivity contribution in [2.24, 2.45) is 17.6 Å². The lowest BCUT2D eigenvalue weighted by Gasteiger charge is -2.25. The summed E-state index contributed by atoms with van der Waals surface area (Å²) in [4.78, 5) is 48.9. The fourth-order valence-electron chi connectivity index (χ4n) is 3.59. The molecule has 0 aromatic heterocycles. The fourth-order valence-corrected chi connectivity index (χ4v) is 3.59. The van der Waals surface area contributed by atoms with Crippen molar-refractivity contribution in [1.82, 2.24) is 0 Å². The van der Waals surface area contributed by atoms with E-state index in [1.165, 1.54) is 12.1 Å². The molecule has 10 heteroatoms. The molecule has 0 aliphatic rings. The van der Waals surface area contributed by atoms with Crippen molar-refractivity contribution in [2.75, 3.05) is 0 Å². The van der Waals surface area contributed by atoms with Gasteiger partial charge in [-0.3, -0.25) is 14.4 Å². The highest BCUT2D eigenvalue weighted by atomic mass is 16.7. The van der Waals surface area contributed by atoms with Crippen LogP contribution >= 0.6 is 0 Å². The highest BCUT2D eigenvalue weighted by molar-refractivity contribution is 5.77. The average molecular weight is 552 g/mol. The van der Waals surface area contributed by atoms with Crippen molar-refractivity contribution in [3.63, 3.8) is 0 Å². The molecule has 0 aliphatic carbocycles. The molecule has 0 saturated heterocycles. The zero-order valence-electron chi connectivity index (χ0n) is 24.2. The Balaban J connectivity index is 3.28. The largest absolute Gasteiger partial charge is 0.508 e. The molecule has 0 fully saturated rings. The molecule has 0 spiro atoms. The van der Waals surface area contributed by atoms with E-state index in [9.17, 15) is 24.3 Å². The molecular formula is C29H45NO9. The molecular weight excluding hydrogens is 506 g/mol. The fraction of sp³-hybridized carbons (Fsp3) is 0.655. The van der Waals surface area contributed by atoms with Crippen LogP contribution in [0.25, 0.3) is 0 Å². The molecule has 220 valence electrons. The summed E-state index contributed by atoms with van der Waals surface area (Å²) >= 11 is 0. The van der Waals surface area contributed by atoms with Crippen molar-refractivity contribution in [2.45, 2.75) is 111 Å². The minimum absolute atomic E-state index is 0.00788. The number of hydrogen-bond acceptors (Lipinski definition) is 9. The molecule has 3 unspecified atom stereocenters. The molecule has 0 saturated carbocycles. The van der Waals surface area contributed by atoms with Gasteiger partial charge in [0.15, 0.2) is 11.5 Å².